The molecule has 2 aromatic rings. The van der Waals surface area contributed by atoms with Gasteiger partial charge in [0.05, 0.1) is 12.6 Å². The van der Waals surface area contributed by atoms with Gasteiger partial charge in [0.15, 0.2) is 0 Å². The lowest BCUT2D eigenvalue weighted by Gasteiger charge is -2.38. The summed E-state index contributed by atoms with van der Waals surface area (Å²) in [6, 6.07) is 8.84. The Kier molecular flexibility index (Phi) is 3.83. The van der Waals surface area contributed by atoms with Gasteiger partial charge in [-0.05, 0) is 54.1 Å². The summed E-state index contributed by atoms with van der Waals surface area (Å²) in [5, 5.41) is 11.6. The van der Waals surface area contributed by atoms with Crippen molar-refractivity contribution in [3.05, 3.63) is 51.7 Å². The van der Waals surface area contributed by atoms with Crippen LogP contribution in [0.5, 0.6) is 5.75 Å². The zero-order valence-corrected chi connectivity index (χ0v) is 13.6. The number of benzene rings is 1. The molecule has 1 fully saturated rings. The van der Waals surface area contributed by atoms with Gasteiger partial charge in [0.2, 0.25) is 0 Å². The minimum absolute atomic E-state index is 0.0425. The first-order valence-electron chi connectivity index (χ1n) is 7.98. The third-order valence-corrected chi connectivity index (χ3v) is 5.82. The molecule has 1 saturated heterocycles. The lowest BCUT2D eigenvalue weighted by molar-refractivity contribution is 0.0569. The Balaban J connectivity index is 1.68. The van der Waals surface area contributed by atoms with Crippen LogP contribution in [-0.4, -0.2) is 35.7 Å². The summed E-state index contributed by atoms with van der Waals surface area (Å²) in [7, 11) is 0. The van der Waals surface area contributed by atoms with Crippen LogP contribution in [0, 0.1) is 5.92 Å². The predicted octanol–water partition coefficient (Wildman–Crippen LogP) is 3.23. The molecule has 0 spiro atoms. The summed E-state index contributed by atoms with van der Waals surface area (Å²) >= 11 is 1.75. The maximum Gasteiger partial charge on any atom is 0.254 e. The standard InChI is InChI=1S/C18H19NO3S/c20-15-3-1-13(2-4-15)18(21)19-8-5-12-7-10-23-17(12)16(19)14-6-9-22-11-14/h1-4,7,10,14,16,20H,5-6,8-9,11H2. The number of hydrogen-bond donors (Lipinski definition) is 1. The van der Waals surface area contributed by atoms with Gasteiger partial charge >= 0.3 is 0 Å². The van der Waals surface area contributed by atoms with Crippen LogP contribution in [0.25, 0.3) is 0 Å². The maximum atomic E-state index is 13.0. The first kappa shape index (κ1) is 14.7. The van der Waals surface area contributed by atoms with Gasteiger partial charge in [0.1, 0.15) is 5.75 Å². The van der Waals surface area contributed by atoms with Crippen molar-refractivity contribution in [2.45, 2.75) is 18.9 Å². The van der Waals surface area contributed by atoms with E-state index in [0.717, 1.165) is 32.6 Å². The van der Waals surface area contributed by atoms with E-state index < -0.39 is 0 Å². The maximum absolute atomic E-state index is 13.0. The van der Waals surface area contributed by atoms with Crippen LogP contribution >= 0.6 is 11.3 Å². The number of aromatic hydroxyl groups is 1. The number of nitrogens with zero attached hydrogens (tertiary/aromatic N) is 1. The molecule has 4 rings (SSSR count). The van der Waals surface area contributed by atoms with Crippen molar-refractivity contribution in [1.29, 1.82) is 0 Å². The Labute approximate surface area is 139 Å². The molecule has 1 N–H and O–H groups in total. The van der Waals surface area contributed by atoms with Gasteiger partial charge in [-0.1, -0.05) is 0 Å². The van der Waals surface area contributed by atoms with Crippen LogP contribution in [0.2, 0.25) is 0 Å². The Morgan fingerprint density at radius 1 is 1.26 bits per heavy atom. The van der Waals surface area contributed by atoms with Gasteiger partial charge in [-0.3, -0.25) is 4.79 Å². The third kappa shape index (κ3) is 2.64. The van der Waals surface area contributed by atoms with Crippen LogP contribution < -0.4 is 0 Å². The van der Waals surface area contributed by atoms with Crippen LogP contribution in [0.1, 0.15) is 33.3 Å². The van der Waals surface area contributed by atoms with Crippen molar-refractivity contribution in [1.82, 2.24) is 4.90 Å². The highest BCUT2D eigenvalue weighted by atomic mass is 32.1. The molecule has 3 heterocycles. The van der Waals surface area contributed by atoms with E-state index >= 15 is 0 Å². The SMILES string of the molecule is O=C(c1ccc(O)cc1)N1CCc2ccsc2C1C1CCOC1. The lowest BCUT2D eigenvalue weighted by Crippen LogP contribution is -2.42. The van der Waals surface area contributed by atoms with E-state index in [1.807, 2.05) is 4.90 Å². The van der Waals surface area contributed by atoms with Crippen molar-refractivity contribution < 1.29 is 14.6 Å². The van der Waals surface area contributed by atoms with Crippen molar-refractivity contribution in [2.75, 3.05) is 19.8 Å². The summed E-state index contributed by atoms with van der Waals surface area (Å²) in [5.74, 6) is 0.594. The summed E-state index contributed by atoms with van der Waals surface area (Å²) in [4.78, 5) is 16.3. The fourth-order valence-corrected chi connectivity index (χ4v) is 4.76. The number of hydrogen-bond acceptors (Lipinski definition) is 4. The van der Waals surface area contributed by atoms with Gasteiger partial charge in [-0.15, -0.1) is 11.3 Å². The normalized spacial score (nSPS) is 23.7. The first-order valence-corrected chi connectivity index (χ1v) is 8.86. The molecule has 2 aliphatic rings. The fourth-order valence-electron chi connectivity index (χ4n) is 3.60. The summed E-state index contributed by atoms with van der Waals surface area (Å²) in [6.45, 7) is 2.25. The Morgan fingerprint density at radius 2 is 2.09 bits per heavy atom. The van der Waals surface area contributed by atoms with Gasteiger partial charge in [-0.25, -0.2) is 0 Å². The average molecular weight is 329 g/mol. The summed E-state index contributed by atoms with van der Waals surface area (Å²) in [5.41, 5.74) is 2.01. The van der Waals surface area contributed by atoms with Crippen molar-refractivity contribution in [2.24, 2.45) is 5.92 Å². The smallest absolute Gasteiger partial charge is 0.254 e. The number of thiophene rings is 1. The number of carbonyl (C=O) groups excluding carboxylic acids is 1. The van der Waals surface area contributed by atoms with E-state index in [9.17, 15) is 9.90 Å². The minimum Gasteiger partial charge on any atom is -0.508 e. The molecule has 1 amide bonds. The quantitative estimate of drug-likeness (QED) is 0.920. The monoisotopic (exact) mass is 329 g/mol. The number of amides is 1. The molecule has 0 saturated carbocycles. The largest absolute Gasteiger partial charge is 0.508 e. The fraction of sp³-hybridized carbons (Fsp3) is 0.389. The number of rotatable bonds is 2. The van der Waals surface area contributed by atoms with Crippen molar-refractivity contribution >= 4 is 17.2 Å². The average Bonchev–Trinajstić information content (AvgIpc) is 3.25. The zero-order chi connectivity index (χ0) is 15.8. The number of carbonyl (C=O) groups is 1. The Hall–Kier alpha value is -1.85. The topological polar surface area (TPSA) is 49.8 Å². The second-order valence-corrected chi connectivity index (χ2v) is 7.12. The van der Waals surface area contributed by atoms with Gasteiger partial charge in [0.25, 0.3) is 5.91 Å². The predicted molar refractivity (Wildman–Crippen MR) is 88.8 cm³/mol. The van der Waals surface area contributed by atoms with Gasteiger partial charge in [0, 0.05) is 29.5 Å². The van der Waals surface area contributed by atoms with E-state index in [0.29, 0.717) is 11.5 Å². The highest BCUT2D eigenvalue weighted by molar-refractivity contribution is 7.10. The molecule has 4 nitrogen and oxygen atoms in total. The highest BCUT2D eigenvalue weighted by Crippen LogP contribution is 2.42. The molecule has 5 heteroatoms. The Bertz CT molecular complexity index is 703. The van der Waals surface area contributed by atoms with Crippen molar-refractivity contribution in [3.63, 3.8) is 0 Å². The Morgan fingerprint density at radius 3 is 2.83 bits per heavy atom. The van der Waals surface area contributed by atoms with Crippen LogP contribution in [0.4, 0.5) is 0 Å². The number of ether oxygens (including phenoxy) is 1. The van der Waals surface area contributed by atoms with E-state index in [4.69, 9.17) is 4.74 Å². The number of phenols is 1. The lowest BCUT2D eigenvalue weighted by atomic mass is 9.89. The third-order valence-electron chi connectivity index (χ3n) is 4.79. The second-order valence-electron chi connectivity index (χ2n) is 6.17. The van der Waals surface area contributed by atoms with Crippen LogP contribution in [0.3, 0.4) is 0 Å². The molecule has 2 atom stereocenters. The number of phenolic OH excluding ortho intramolecular Hbond substituents is 1. The molecule has 23 heavy (non-hydrogen) atoms. The molecule has 1 aromatic heterocycles. The van der Waals surface area contributed by atoms with Crippen LogP contribution in [0.15, 0.2) is 35.7 Å². The van der Waals surface area contributed by atoms with Crippen LogP contribution in [-0.2, 0) is 11.2 Å². The molecule has 1 aromatic carbocycles. The molecule has 0 radical (unpaired) electrons. The molecule has 2 aliphatic heterocycles. The van der Waals surface area contributed by atoms with E-state index in [-0.39, 0.29) is 17.7 Å². The number of fused-ring (bicyclic) bond motifs is 1. The molecular formula is C18H19NO3S. The van der Waals surface area contributed by atoms with E-state index in [1.165, 1.54) is 10.4 Å². The summed E-state index contributed by atoms with van der Waals surface area (Å²) in [6.07, 6.45) is 1.91. The molecular weight excluding hydrogens is 310 g/mol. The van der Waals surface area contributed by atoms with Crippen molar-refractivity contribution in [3.8, 4) is 5.75 Å². The molecule has 120 valence electrons. The molecule has 0 aliphatic carbocycles. The van der Waals surface area contributed by atoms with Gasteiger partial charge < -0.3 is 14.7 Å². The second kappa shape index (κ2) is 5.98. The highest BCUT2D eigenvalue weighted by Gasteiger charge is 2.39. The van der Waals surface area contributed by atoms with E-state index in [1.54, 1.807) is 35.6 Å². The van der Waals surface area contributed by atoms with Gasteiger partial charge in [-0.2, -0.15) is 0 Å². The van der Waals surface area contributed by atoms with E-state index in [2.05, 4.69) is 11.4 Å². The molecule has 0 bridgehead atoms. The first-order chi connectivity index (χ1) is 11.2. The minimum atomic E-state index is 0.0425. The summed E-state index contributed by atoms with van der Waals surface area (Å²) < 4.78 is 5.59. The zero-order valence-electron chi connectivity index (χ0n) is 12.8. The molecule has 2 unspecified atom stereocenters.